The van der Waals surface area contributed by atoms with Crippen LogP contribution in [0.3, 0.4) is 0 Å². The van der Waals surface area contributed by atoms with E-state index in [4.69, 9.17) is 9.88 Å². The molecule has 0 radical (unpaired) electrons. The van der Waals surface area contributed by atoms with Gasteiger partial charge >= 0.3 is 5.97 Å². The molecule has 0 fully saturated rings. The number of benzene rings is 1. The minimum Gasteiger partial charge on any atom is -0.452 e. The van der Waals surface area contributed by atoms with Crippen LogP contribution in [0.2, 0.25) is 0 Å². The Bertz CT molecular complexity index is 933. The number of hydrogen-bond donors (Lipinski definition) is 2. The number of esters is 1. The van der Waals surface area contributed by atoms with Gasteiger partial charge in [-0.2, -0.15) is 0 Å². The Labute approximate surface area is 155 Å². The molecule has 0 atom stereocenters. The molecular formula is C17H18N2O5S2. The monoisotopic (exact) mass is 394 g/mol. The molecule has 138 valence electrons. The third-order valence-electron chi connectivity index (χ3n) is 4.08. The summed E-state index contributed by atoms with van der Waals surface area (Å²) in [5.74, 6) is -1.00. The molecule has 7 nitrogen and oxygen atoms in total. The highest BCUT2D eigenvalue weighted by Crippen LogP contribution is 2.30. The van der Waals surface area contributed by atoms with Gasteiger partial charge in [0.1, 0.15) is 0 Å². The van der Waals surface area contributed by atoms with Crippen LogP contribution in [0.1, 0.15) is 33.6 Å². The van der Waals surface area contributed by atoms with Gasteiger partial charge in [-0.1, -0.05) is 0 Å². The van der Waals surface area contributed by atoms with Gasteiger partial charge in [0.05, 0.1) is 10.5 Å². The van der Waals surface area contributed by atoms with E-state index < -0.39 is 28.5 Å². The highest BCUT2D eigenvalue weighted by Gasteiger charge is 2.21. The van der Waals surface area contributed by atoms with Crippen LogP contribution in [0.15, 0.2) is 34.5 Å². The van der Waals surface area contributed by atoms with E-state index in [-0.39, 0.29) is 4.90 Å². The lowest BCUT2D eigenvalue weighted by Crippen LogP contribution is -2.21. The summed E-state index contributed by atoms with van der Waals surface area (Å²) in [6.07, 6.45) is 4.04. The van der Waals surface area contributed by atoms with Gasteiger partial charge in [0.15, 0.2) is 6.61 Å². The van der Waals surface area contributed by atoms with Crippen LogP contribution in [0.25, 0.3) is 0 Å². The number of anilines is 1. The molecule has 1 aliphatic carbocycles. The van der Waals surface area contributed by atoms with Crippen LogP contribution >= 0.6 is 11.3 Å². The first kappa shape index (κ1) is 18.6. The number of amides is 1. The van der Waals surface area contributed by atoms with Crippen molar-refractivity contribution in [1.29, 1.82) is 0 Å². The average Bonchev–Trinajstić information content (AvgIpc) is 3.03. The van der Waals surface area contributed by atoms with Crippen LogP contribution in [0, 0.1) is 0 Å². The third-order valence-corrected chi connectivity index (χ3v) is 6.10. The van der Waals surface area contributed by atoms with Gasteiger partial charge in [0, 0.05) is 15.9 Å². The molecule has 26 heavy (non-hydrogen) atoms. The number of carbonyl (C=O) groups excluding carboxylic acids is 2. The van der Waals surface area contributed by atoms with Crippen molar-refractivity contribution in [2.24, 2.45) is 5.14 Å². The lowest BCUT2D eigenvalue weighted by molar-refractivity contribution is -0.119. The van der Waals surface area contributed by atoms with E-state index in [9.17, 15) is 18.0 Å². The van der Waals surface area contributed by atoms with Crippen molar-refractivity contribution in [3.8, 4) is 0 Å². The molecule has 0 aliphatic heterocycles. The van der Waals surface area contributed by atoms with Gasteiger partial charge in [0.25, 0.3) is 5.91 Å². The Morgan fingerprint density at radius 3 is 2.54 bits per heavy atom. The van der Waals surface area contributed by atoms with Gasteiger partial charge in [-0.05, 0) is 55.5 Å². The van der Waals surface area contributed by atoms with Crippen LogP contribution < -0.4 is 10.5 Å². The summed E-state index contributed by atoms with van der Waals surface area (Å²) in [5, 5.41) is 9.34. The molecule has 3 rings (SSSR count). The van der Waals surface area contributed by atoms with Crippen molar-refractivity contribution in [3.05, 3.63) is 45.6 Å². The number of rotatable bonds is 5. The number of nitrogens with two attached hydrogens (primary N) is 1. The maximum absolute atomic E-state index is 12.2. The second-order valence-electron chi connectivity index (χ2n) is 5.95. The lowest BCUT2D eigenvalue weighted by atomic mass is 9.96. The number of thiophene rings is 1. The molecule has 1 aromatic carbocycles. The molecule has 1 heterocycles. The molecule has 1 aromatic heterocycles. The second kappa shape index (κ2) is 7.56. The first-order valence-electron chi connectivity index (χ1n) is 8.03. The fourth-order valence-corrected chi connectivity index (χ4v) is 4.43. The largest absolute Gasteiger partial charge is 0.452 e. The van der Waals surface area contributed by atoms with Gasteiger partial charge in [-0.25, -0.2) is 18.4 Å². The SMILES string of the molecule is NS(=O)(=O)c1ccc(NC(=O)COC(=O)c2csc3c2CCCC3)cc1. The summed E-state index contributed by atoms with van der Waals surface area (Å²) in [6, 6.07) is 5.40. The number of fused-ring (bicyclic) bond motifs is 1. The molecule has 9 heteroatoms. The van der Waals surface area contributed by atoms with E-state index in [0.717, 1.165) is 31.2 Å². The molecule has 0 saturated carbocycles. The number of hydrogen-bond acceptors (Lipinski definition) is 6. The van der Waals surface area contributed by atoms with Crippen LogP contribution in [0.4, 0.5) is 5.69 Å². The summed E-state index contributed by atoms with van der Waals surface area (Å²) in [7, 11) is -3.78. The van der Waals surface area contributed by atoms with Crippen molar-refractivity contribution in [2.45, 2.75) is 30.6 Å². The lowest BCUT2D eigenvalue weighted by Gasteiger charge is -2.12. The molecule has 0 saturated heterocycles. The number of ether oxygens (including phenoxy) is 1. The predicted octanol–water partition coefficient (Wildman–Crippen LogP) is 2.07. The molecule has 2 aromatic rings. The highest BCUT2D eigenvalue weighted by atomic mass is 32.2. The maximum atomic E-state index is 12.2. The van der Waals surface area contributed by atoms with Gasteiger partial charge in [0.2, 0.25) is 10.0 Å². The molecule has 0 unspecified atom stereocenters. The molecule has 0 bridgehead atoms. The normalized spacial score (nSPS) is 13.7. The molecular weight excluding hydrogens is 376 g/mol. The van der Waals surface area contributed by atoms with Crippen molar-refractivity contribution < 1.29 is 22.7 Å². The van der Waals surface area contributed by atoms with E-state index in [1.54, 1.807) is 16.7 Å². The Morgan fingerprint density at radius 1 is 1.15 bits per heavy atom. The number of aryl methyl sites for hydroxylation is 1. The van der Waals surface area contributed by atoms with Gasteiger partial charge in [-0.3, -0.25) is 4.79 Å². The number of carbonyl (C=O) groups is 2. The van der Waals surface area contributed by atoms with Gasteiger partial charge < -0.3 is 10.1 Å². The predicted molar refractivity (Wildman–Crippen MR) is 97.7 cm³/mol. The Hall–Kier alpha value is -2.23. The molecule has 1 aliphatic rings. The van der Waals surface area contributed by atoms with E-state index in [1.807, 2.05) is 0 Å². The first-order chi connectivity index (χ1) is 12.3. The number of sulfonamides is 1. The standard InChI is InChI=1S/C17H18N2O5S2/c18-26(22,23)12-7-5-11(6-8-12)19-16(20)9-24-17(21)14-10-25-15-4-2-1-3-13(14)15/h5-8,10H,1-4,9H2,(H,19,20)(H2,18,22,23). The molecule has 0 spiro atoms. The number of primary sulfonamides is 1. The zero-order chi connectivity index (χ0) is 18.7. The summed E-state index contributed by atoms with van der Waals surface area (Å²) >= 11 is 1.56. The minimum atomic E-state index is -3.78. The van der Waals surface area contributed by atoms with Crippen LogP contribution in [-0.4, -0.2) is 26.9 Å². The summed E-state index contributed by atoms with van der Waals surface area (Å²) < 4.78 is 27.5. The summed E-state index contributed by atoms with van der Waals surface area (Å²) in [4.78, 5) is 25.3. The molecule has 1 amide bonds. The Kier molecular flexibility index (Phi) is 5.40. The third kappa shape index (κ3) is 4.29. The van der Waals surface area contributed by atoms with E-state index in [1.165, 1.54) is 29.1 Å². The zero-order valence-corrected chi connectivity index (χ0v) is 15.5. The zero-order valence-electron chi connectivity index (χ0n) is 13.9. The fourth-order valence-electron chi connectivity index (χ4n) is 2.80. The summed E-state index contributed by atoms with van der Waals surface area (Å²) in [5.41, 5.74) is 1.98. The quantitative estimate of drug-likeness (QED) is 0.753. The smallest absolute Gasteiger partial charge is 0.339 e. The number of nitrogens with one attached hydrogen (secondary N) is 1. The van der Waals surface area contributed by atoms with Crippen molar-refractivity contribution in [3.63, 3.8) is 0 Å². The molecule has 3 N–H and O–H groups in total. The van der Waals surface area contributed by atoms with Crippen molar-refractivity contribution in [2.75, 3.05) is 11.9 Å². The van der Waals surface area contributed by atoms with Crippen molar-refractivity contribution in [1.82, 2.24) is 0 Å². The van der Waals surface area contributed by atoms with Crippen molar-refractivity contribution >= 4 is 38.9 Å². The highest BCUT2D eigenvalue weighted by molar-refractivity contribution is 7.89. The van der Waals surface area contributed by atoms with E-state index in [2.05, 4.69) is 5.32 Å². The summed E-state index contributed by atoms with van der Waals surface area (Å²) in [6.45, 7) is -0.416. The Balaban J connectivity index is 1.55. The first-order valence-corrected chi connectivity index (χ1v) is 10.5. The van der Waals surface area contributed by atoms with Gasteiger partial charge in [-0.15, -0.1) is 11.3 Å². The minimum absolute atomic E-state index is 0.0517. The maximum Gasteiger partial charge on any atom is 0.339 e. The van der Waals surface area contributed by atoms with E-state index in [0.29, 0.717) is 11.3 Å². The van der Waals surface area contributed by atoms with Crippen LogP contribution in [-0.2, 0) is 32.4 Å². The topological polar surface area (TPSA) is 116 Å². The fraction of sp³-hybridized carbons (Fsp3) is 0.294. The van der Waals surface area contributed by atoms with E-state index >= 15 is 0 Å². The van der Waals surface area contributed by atoms with Crippen LogP contribution in [0.5, 0.6) is 0 Å². The average molecular weight is 394 g/mol. The second-order valence-corrected chi connectivity index (χ2v) is 8.48. The Morgan fingerprint density at radius 2 is 1.85 bits per heavy atom.